The first-order valence-electron chi connectivity index (χ1n) is 14.5. The van der Waals surface area contributed by atoms with E-state index in [1.54, 1.807) is 24.3 Å². The van der Waals surface area contributed by atoms with Gasteiger partial charge >= 0.3 is 0 Å². The number of rotatable bonds is 4. The van der Waals surface area contributed by atoms with Crippen molar-refractivity contribution in [3.63, 3.8) is 0 Å². The number of nitrogens with zero attached hydrogens (tertiary/aromatic N) is 3. The van der Waals surface area contributed by atoms with Crippen molar-refractivity contribution in [2.45, 2.75) is 30.1 Å². The van der Waals surface area contributed by atoms with E-state index in [2.05, 4.69) is 28.0 Å². The average molecular weight is 588 g/mol. The summed E-state index contributed by atoms with van der Waals surface area (Å²) in [6, 6.07) is 18.4. The second-order valence-corrected chi connectivity index (χ2v) is 13.6. The van der Waals surface area contributed by atoms with E-state index in [1.165, 1.54) is 24.0 Å². The van der Waals surface area contributed by atoms with E-state index in [0.29, 0.717) is 43.2 Å². The van der Waals surface area contributed by atoms with Crippen LogP contribution in [0.2, 0.25) is 0 Å². The lowest BCUT2D eigenvalue weighted by atomic mass is 9.76. The van der Waals surface area contributed by atoms with Crippen LogP contribution in [0.1, 0.15) is 24.0 Å². The predicted molar refractivity (Wildman–Crippen MR) is 163 cm³/mol. The maximum Gasteiger partial charge on any atom is 0.176 e. The van der Waals surface area contributed by atoms with Crippen LogP contribution < -0.4 is 9.80 Å². The van der Waals surface area contributed by atoms with E-state index in [4.69, 9.17) is 14.5 Å². The molecule has 0 bridgehead atoms. The minimum atomic E-state index is -3.54. The molecule has 7 rings (SSSR count). The third kappa shape index (κ3) is 4.55. The van der Waals surface area contributed by atoms with E-state index >= 15 is 0 Å². The number of hydrogen-bond donors (Lipinski definition) is 0. The summed E-state index contributed by atoms with van der Waals surface area (Å²) in [4.78, 5) is 9.83. The Labute approximate surface area is 245 Å². The number of sulfone groups is 1. The number of aromatic nitrogens is 1. The fourth-order valence-electron chi connectivity index (χ4n) is 6.98. The van der Waals surface area contributed by atoms with Gasteiger partial charge in [-0.15, -0.1) is 0 Å². The molecule has 4 heterocycles. The lowest BCUT2D eigenvalue weighted by Crippen LogP contribution is -2.37. The average Bonchev–Trinajstić information content (AvgIpc) is 3.29. The summed E-state index contributed by atoms with van der Waals surface area (Å²) >= 11 is 0. The number of halogens is 1. The van der Waals surface area contributed by atoms with Crippen LogP contribution in [0.15, 0.2) is 65.6 Å². The van der Waals surface area contributed by atoms with Crippen LogP contribution >= 0.6 is 0 Å². The van der Waals surface area contributed by atoms with E-state index in [0.717, 1.165) is 60.5 Å². The Hall–Kier alpha value is -3.53. The van der Waals surface area contributed by atoms with Gasteiger partial charge in [-0.25, -0.2) is 17.8 Å². The highest BCUT2D eigenvalue weighted by Gasteiger charge is 2.45. The molecule has 3 aromatic carbocycles. The van der Waals surface area contributed by atoms with E-state index < -0.39 is 9.84 Å². The zero-order valence-electron chi connectivity index (χ0n) is 23.9. The molecule has 218 valence electrons. The second kappa shape index (κ2) is 10.3. The molecule has 0 atom stereocenters. The Bertz CT molecular complexity index is 1800. The van der Waals surface area contributed by atoms with E-state index in [9.17, 15) is 12.8 Å². The Morgan fingerprint density at radius 3 is 2.43 bits per heavy atom. The molecule has 0 N–H and O–H groups in total. The number of morpholine rings is 1. The van der Waals surface area contributed by atoms with Gasteiger partial charge in [0.15, 0.2) is 9.84 Å². The molecule has 42 heavy (non-hydrogen) atoms. The van der Waals surface area contributed by atoms with Crippen molar-refractivity contribution in [3.05, 3.63) is 77.6 Å². The summed E-state index contributed by atoms with van der Waals surface area (Å²) in [5.74, 6) is -0.385. The number of pyridine rings is 1. The van der Waals surface area contributed by atoms with Crippen molar-refractivity contribution >= 4 is 37.8 Å². The first-order chi connectivity index (χ1) is 20.2. The predicted octanol–water partition coefficient (Wildman–Crippen LogP) is 5.79. The molecule has 3 aliphatic heterocycles. The van der Waals surface area contributed by atoms with Gasteiger partial charge in [0.25, 0.3) is 0 Å². The van der Waals surface area contributed by atoms with Gasteiger partial charge in [-0.3, -0.25) is 0 Å². The Kier molecular flexibility index (Phi) is 6.72. The quantitative estimate of drug-likeness (QED) is 0.299. The van der Waals surface area contributed by atoms with Gasteiger partial charge in [-0.1, -0.05) is 24.3 Å². The molecule has 3 aliphatic rings. The molecule has 0 aliphatic carbocycles. The highest BCUT2D eigenvalue weighted by atomic mass is 32.2. The van der Waals surface area contributed by atoms with Crippen LogP contribution in [0.25, 0.3) is 22.2 Å². The van der Waals surface area contributed by atoms with Crippen molar-refractivity contribution in [1.82, 2.24) is 4.98 Å². The van der Waals surface area contributed by atoms with Crippen LogP contribution in [0.5, 0.6) is 0 Å². The molecule has 0 saturated carbocycles. The summed E-state index contributed by atoms with van der Waals surface area (Å²) in [7, 11) is -3.54. The summed E-state index contributed by atoms with van der Waals surface area (Å²) in [6.07, 6.45) is 3.03. The Morgan fingerprint density at radius 2 is 1.67 bits per heavy atom. The third-order valence-electron chi connectivity index (χ3n) is 9.10. The van der Waals surface area contributed by atoms with Crippen molar-refractivity contribution < 1.29 is 22.3 Å². The standard InChI is InChI=1S/C33H34FN3O4S/c1-22-31(26-5-3-4-6-30(26)42(2,38)39)35-28-19-23(34)7-9-25(28)32(22)37-21-33(11-15-40-16-12-33)27-10-8-24(20-29(27)37)36-13-17-41-18-14-36/h3-10,19-20H,11-18,21H2,1-2H3. The SMILES string of the molecule is Cc1c(-c2ccccc2S(C)(=O)=O)nc2cc(F)ccc2c1N1CC2(CCOCC2)c2ccc(N3CCOCC3)cc21. The topological polar surface area (TPSA) is 72.0 Å². The normalized spacial score (nSPS) is 18.5. The smallest absolute Gasteiger partial charge is 0.176 e. The molecular weight excluding hydrogens is 553 g/mol. The fourth-order valence-corrected chi connectivity index (χ4v) is 7.87. The lowest BCUT2D eigenvalue weighted by Gasteiger charge is -2.35. The first kappa shape index (κ1) is 27.3. The van der Waals surface area contributed by atoms with Crippen molar-refractivity contribution in [2.75, 3.05) is 62.1 Å². The van der Waals surface area contributed by atoms with Crippen molar-refractivity contribution in [3.8, 4) is 11.3 Å². The summed E-state index contributed by atoms with van der Waals surface area (Å²) in [5, 5.41) is 0.835. The van der Waals surface area contributed by atoms with Gasteiger partial charge < -0.3 is 19.3 Å². The largest absolute Gasteiger partial charge is 0.381 e. The molecule has 0 radical (unpaired) electrons. The minimum Gasteiger partial charge on any atom is -0.381 e. The molecular formula is C33H34FN3O4S. The third-order valence-corrected chi connectivity index (χ3v) is 10.3. The molecule has 2 saturated heterocycles. The molecule has 9 heteroatoms. The Balaban J connectivity index is 1.48. The number of fused-ring (bicyclic) bond motifs is 3. The first-order valence-corrected chi connectivity index (χ1v) is 16.4. The molecule has 2 fully saturated rings. The van der Waals surface area contributed by atoms with Crippen LogP contribution in [0.4, 0.5) is 21.5 Å². The highest BCUT2D eigenvalue weighted by Crippen LogP contribution is 2.53. The number of anilines is 3. The molecule has 1 spiro atoms. The van der Waals surface area contributed by atoms with E-state index in [-0.39, 0.29) is 16.1 Å². The number of hydrogen-bond acceptors (Lipinski definition) is 7. The zero-order valence-corrected chi connectivity index (χ0v) is 24.7. The summed E-state index contributed by atoms with van der Waals surface area (Å²) < 4.78 is 51.7. The van der Waals surface area contributed by atoms with Gasteiger partial charge in [-0.2, -0.15) is 0 Å². The second-order valence-electron chi connectivity index (χ2n) is 11.6. The van der Waals surface area contributed by atoms with Crippen LogP contribution in [-0.4, -0.2) is 65.7 Å². The summed E-state index contributed by atoms with van der Waals surface area (Å²) in [5.41, 5.74) is 6.85. The molecule has 0 unspecified atom stereocenters. The number of benzene rings is 3. The zero-order chi connectivity index (χ0) is 29.1. The van der Waals surface area contributed by atoms with Gasteiger partial charge in [0.1, 0.15) is 5.82 Å². The fraction of sp³-hybridized carbons (Fsp3) is 0.364. The number of ether oxygens (including phenoxy) is 2. The molecule has 1 aromatic heterocycles. The monoisotopic (exact) mass is 587 g/mol. The maximum absolute atomic E-state index is 14.7. The van der Waals surface area contributed by atoms with Crippen molar-refractivity contribution in [2.24, 2.45) is 0 Å². The summed E-state index contributed by atoms with van der Waals surface area (Å²) in [6.45, 7) is 7.22. The maximum atomic E-state index is 14.7. The van der Waals surface area contributed by atoms with Gasteiger partial charge in [0, 0.05) is 72.9 Å². The van der Waals surface area contributed by atoms with Gasteiger partial charge in [0.05, 0.1) is 35.0 Å². The highest BCUT2D eigenvalue weighted by molar-refractivity contribution is 7.90. The van der Waals surface area contributed by atoms with E-state index in [1.807, 2.05) is 13.0 Å². The molecule has 0 amide bonds. The van der Waals surface area contributed by atoms with Gasteiger partial charge in [0.2, 0.25) is 0 Å². The molecule has 4 aromatic rings. The molecule has 7 nitrogen and oxygen atoms in total. The van der Waals surface area contributed by atoms with Crippen LogP contribution in [0, 0.1) is 12.7 Å². The van der Waals surface area contributed by atoms with Crippen LogP contribution in [-0.2, 0) is 24.7 Å². The van der Waals surface area contributed by atoms with Crippen molar-refractivity contribution in [1.29, 1.82) is 0 Å². The van der Waals surface area contributed by atoms with Gasteiger partial charge in [-0.05, 0) is 61.2 Å². The Morgan fingerprint density at radius 1 is 0.929 bits per heavy atom. The minimum absolute atomic E-state index is 0.0794. The van der Waals surface area contributed by atoms with Crippen LogP contribution in [0.3, 0.4) is 0 Å². The lowest BCUT2D eigenvalue weighted by molar-refractivity contribution is 0.0558.